The van der Waals surface area contributed by atoms with Crippen molar-refractivity contribution in [3.63, 3.8) is 0 Å². The Bertz CT molecular complexity index is 530. The van der Waals surface area contributed by atoms with Gasteiger partial charge in [-0.2, -0.15) is 0 Å². The summed E-state index contributed by atoms with van der Waals surface area (Å²) in [6.45, 7) is 6.20. The molecule has 1 heterocycles. The first-order valence-electron chi connectivity index (χ1n) is 7.29. The standard InChI is InChI=1S/C16H23N3O2/c1-11-4-3-5-13(6-11)7-18-15(20)10-19-8-12(2)14(9-19)16(17)21/h3-6,12,14H,7-10H2,1-2H3,(H2,17,21)(H,18,20)/t12-,14-/m1/s1. The van der Waals surface area contributed by atoms with Crippen molar-refractivity contribution in [3.05, 3.63) is 35.4 Å². The zero-order valence-electron chi connectivity index (χ0n) is 12.6. The molecule has 114 valence electrons. The quantitative estimate of drug-likeness (QED) is 0.836. The van der Waals surface area contributed by atoms with Crippen LogP contribution in [0.2, 0.25) is 0 Å². The highest BCUT2D eigenvalue weighted by Gasteiger charge is 2.33. The van der Waals surface area contributed by atoms with Gasteiger partial charge >= 0.3 is 0 Å². The third-order valence-electron chi connectivity index (χ3n) is 3.99. The highest BCUT2D eigenvalue weighted by Crippen LogP contribution is 2.21. The number of aryl methyl sites for hydroxylation is 1. The van der Waals surface area contributed by atoms with Crippen LogP contribution in [0.5, 0.6) is 0 Å². The third kappa shape index (κ3) is 4.29. The molecule has 5 heteroatoms. The van der Waals surface area contributed by atoms with E-state index in [0.717, 1.165) is 12.1 Å². The van der Waals surface area contributed by atoms with E-state index < -0.39 is 0 Å². The van der Waals surface area contributed by atoms with Crippen molar-refractivity contribution < 1.29 is 9.59 Å². The largest absolute Gasteiger partial charge is 0.369 e. The van der Waals surface area contributed by atoms with Gasteiger partial charge in [-0.3, -0.25) is 14.5 Å². The zero-order valence-corrected chi connectivity index (χ0v) is 12.6. The Kier molecular flexibility index (Phi) is 4.96. The van der Waals surface area contributed by atoms with Gasteiger partial charge in [0.05, 0.1) is 12.5 Å². The van der Waals surface area contributed by atoms with Gasteiger partial charge in [0.2, 0.25) is 11.8 Å². The van der Waals surface area contributed by atoms with Crippen LogP contribution in [0.3, 0.4) is 0 Å². The van der Waals surface area contributed by atoms with E-state index in [1.807, 2.05) is 36.9 Å². The van der Waals surface area contributed by atoms with E-state index in [9.17, 15) is 9.59 Å². The number of primary amides is 1. The van der Waals surface area contributed by atoms with Crippen LogP contribution in [0.4, 0.5) is 0 Å². The van der Waals surface area contributed by atoms with E-state index in [0.29, 0.717) is 19.6 Å². The Morgan fingerprint density at radius 2 is 2.14 bits per heavy atom. The molecule has 1 aromatic carbocycles. The highest BCUT2D eigenvalue weighted by molar-refractivity contribution is 5.79. The van der Waals surface area contributed by atoms with Crippen LogP contribution in [-0.4, -0.2) is 36.3 Å². The van der Waals surface area contributed by atoms with Crippen LogP contribution in [0, 0.1) is 18.8 Å². The van der Waals surface area contributed by atoms with Crippen LogP contribution in [0.25, 0.3) is 0 Å². The number of nitrogens with zero attached hydrogens (tertiary/aromatic N) is 1. The number of hydrogen-bond acceptors (Lipinski definition) is 3. The van der Waals surface area contributed by atoms with E-state index >= 15 is 0 Å². The highest BCUT2D eigenvalue weighted by atomic mass is 16.2. The summed E-state index contributed by atoms with van der Waals surface area (Å²) in [7, 11) is 0. The monoisotopic (exact) mass is 289 g/mol. The fourth-order valence-corrected chi connectivity index (χ4v) is 2.85. The van der Waals surface area contributed by atoms with Crippen molar-refractivity contribution in [2.45, 2.75) is 20.4 Å². The number of nitrogens with one attached hydrogen (secondary N) is 1. The molecule has 1 fully saturated rings. The molecule has 0 saturated carbocycles. The Labute approximate surface area is 125 Å². The molecule has 2 atom stereocenters. The lowest BCUT2D eigenvalue weighted by atomic mass is 9.98. The van der Waals surface area contributed by atoms with Gasteiger partial charge in [0.15, 0.2) is 0 Å². The van der Waals surface area contributed by atoms with Crippen molar-refractivity contribution >= 4 is 11.8 Å². The van der Waals surface area contributed by atoms with E-state index in [1.54, 1.807) is 0 Å². The number of benzene rings is 1. The van der Waals surface area contributed by atoms with E-state index in [1.165, 1.54) is 5.56 Å². The van der Waals surface area contributed by atoms with Crippen LogP contribution in [0.1, 0.15) is 18.1 Å². The summed E-state index contributed by atoms with van der Waals surface area (Å²) in [4.78, 5) is 25.2. The normalized spacial score (nSPS) is 22.2. The van der Waals surface area contributed by atoms with Gasteiger partial charge in [-0.25, -0.2) is 0 Å². The van der Waals surface area contributed by atoms with Crippen molar-refractivity contribution in [2.75, 3.05) is 19.6 Å². The maximum atomic E-state index is 12.0. The minimum absolute atomic E-state index is 0.0196. The Morgan fingerprint density at radius 1 is 1.38 bits per heavy atom. The van der Waals surface area contributed by atoms with Gasteiger partial charge in [0, 0.05) is 19.6 Å². The predicted molar refractivity (Wildman–Crippen MR) is 81.3 cm³/mol. The van der Waals surface area contributed by atoms with Gasteiger partial charge in [0.25, 0.3) is 0 Å². The first kappa shape index (κ1) is 15.5. The summed E-state index contributed by atoms with van der Waals surface area (Å²) in [5.41, 5.74) is 7.63. The van der Waals surface area contributed by atoms with Gasteiger partial charge < -0.3 is 11.1 Å². The second-order valence-electron chi connectivity index (χ2n) is 5.95. The summed E-state index contributed by atoms with van der Waals surface area (Å²) >= 11 is 0. The average molecular weight is 289 g/mol. The van der Waals surface area contributed by atoms with E-state index in [2.05, 4.69) is 11.4 Å². The van der Waals surface area contributed by atoms with Gasteiger partial charge in [-0.05, 0) is 18.4 Å². The number of nitrogens with two attached hydrogens (primary N) is 1. The fourth-order valence-electron chi connectivity index (χ4n) is 2.85. The molecule has 0 radical (unpaired) electrons. The second-order valence-corrected chi connectivity index (χ2v) is 5.95. The number of hydrogen-bond donors (Lipinski definition) is 2. The number of carbonyl (C=O) groups excluding carboxylic acids is 2. The number of rotatable bonds is 5. The summed E-state index contributed by atoms with van der Waals surface area (Å²) in [6.07, 6.45) is 0. The average Bonchev–Trinajstić information content (AvgIpc) is 2.77. The molecule has 1 aliphatic rings. The summed E-state index contributed by atoms with van der Waals surface area (Å²) < 4.78 is 0. The Morgan fingerprint density at radius 3 is 2.76 bits per heavy atom. The fraction of sp³-hybridized carbons (Fsp3) is 0.500. The third-order valence-corrected chi connectivity index (χ3v) is 3.99. The first-order chi connectivity index (χ1) is 9.95. The van der Waals surface area contributed by atoms with Crippen molar-refractivity contribution in [3.8, 4) is 0 Å². The minimum atomic E-state index is -0.273. The number of likely N-dealkylation sites (tertiary alicyclic amines) is 1. The summed E-state index contributed by atoms with van der Waals surface area (Å²) in [5.74, 6) is -0.222. The van der Waals surface area contributed by atoms with E-state index in [4.69, 9.17) is 5.73 Å². The molecule has 1 saturated heterocycles. The van der Waals surface area contributed by atoms with Crippen LogP contribution in [-0.2, 0) is 16.1 Å². The molecule has 0 unspecified atom stereocenters. The lowest BCUT2D eigenvalue weighted by Gasteiger charge is -2.15. The molecule has 2 amide bonds. The molecule has 0 bridgehead atoms. The molecule has 0 spiro atoms. The smallest absolute Gasteiger partial charge is 0.234 e. The van der Waals surface area contributed by atoms with Gasteiger partial charge in [-0.1, -0.05) is 36.8 Å². The molecule has 0 aromatic heterocycles. The maximum absolute atomic E-state index is 12.0. The predicted octanol–water partition coefficient (Wildman–Crippen LogP) is 0.664. The minimum Gasteiger partial charge on any atom is -0.369 e. The lowest BCUT2D eigenvalue weighted by Crippen LogP contribution is -2.36. The molecule has 21 heavy (non-hydrogen) atoms. The zero-order chi connectivity index (χ0) is 15.4. The van der Waals surface area contributed by atoms with Gasteiger partial charge in [0.1, 0.15) is 0 Å². The summed E-state index contributed by atoms with van der Waals surface area (Å²) in [6, 6.07) is 8.06. The number of carbonyl (C=O) groups is 2. The number of amides is 2. The van der Waals surface area contributed by atoms with Gasteiger partial charge in [-0.15, -0.1) is 0 Å². The molecule has 1 aliphatic heterocycles. The molecular weight excluding hydrogens is 266 g/mol. The van der Waals surface area contributed by atoms with Crippen molar-refractivity contribution in [1.82, 2.24) is 10.2 Å². The Balaban J connectivity index is 1.79. The lowest BCUT2D eigenvalue weighted by molar-refractivity contribution is -0.124. The molecule has 1 aromatic rings. The van der Waals surface area contributed by atoms with Crippen LogP contribution >= 0.6 is 0 Å². The first-order valence-corrected chi connectivity index (χ1v) is 7.29. The molecule has 5 nitrogen and oxygen atoms in total. The molecule has 2 rings (SSSR count). The van der Waals surface area contributed by atoms with Crippen molar-refractivity contribution in [2.24, 2.45) is 17.6 Å². The molecule has 0 aliphatic carbocycles. The second kappa shape index (κ2) is 6.72. The van der Waals surface area contributed by atoms with Crippen LogP contribution in [0.15, 0.2) is 24.3 Å². The van der Waals surface area contributed by atoms with Crippen molar-refractivity contribution in [1.29, 1.82) is 0 Å². The van der Waals surface area contributed by atoms with Crippen LogP contribution < -0.4 is 11.1 Å². The summed E-state index contributed by atoms with van der Waals surface area (Å²) in [5, 5.41) is 2.92. The maximum Gasteiger partial charge on any atom is 0.234 e. The topological polar surface area (TPSA) is 75.4 Å². The Hall–Kier alpha value is -1.88. The molecular formula is C16H23N3O2. The molecule has 3 N–H and O–H groups in total. The van der Waals surface area contributed by atoms with E-state index in [-0.39, 0.29) is 23.7 Å². The SMILES string of the molecule is Cc1cccc(CNC(=O)CN2C[C@@H](C)[C@H](C(N)=O)C2)c1.